The number of nitrogens with one attached hydrogen (secondary N) is 1. The van der Waals surface area contributed by atoms with E-state index in [1.807, 2.05) is 56.3 Å². The van der Waals surface area contributed by atoms with Crippen molar-refractivity contribution in [3.63, 3.8) is 0 Å². The van der Waals surface area contributed by atoms with E-state index in [2.05, 4.69) is 5.32 Å². The van der Waals surface area contributed by atoms with E-state index in [4.69, 9.17) is 4.74 Å². The maximum atomic E-state index is 12.4. The number of aryl methyl sites for hydroxylation is 2. The maximum Gasteiger partial charge on any atom is 0.308 e. The Labute approximate surface area is 170 Å². The van der Waals surface area contributed by atoms with Crippen LogP contribution in [0.15, 0.2) is 48.7 Å². The smallest absolute Gasteiger partial charge is 0.308 e. The highest BCUT2D eigenvalue weighted by Gasteiger charge is 2.28. The first-order chi connectivity index (χ1) is 13.8. The molecule has 6 heteroatoms. The van der Waals surface area contributed by atoms with E-state index in [9.17, 15) is 14.4 Å². The molecule has 3 rings (SSSR count). The van der Waals surface area contributed by atoms with E-state index in [-0.39, 0.29) is 18.9 Å². The molecule has 2 aromatic rings. The van der Waals surface area contributed by atoms with Gasteiger partial charge in [0.25, 0.3) is 5.91 Å². The molecular formula is C23H24N2O4. The van der Waals surface area contributed by atoms with Crippen molar-refractivity contribution >= 4 is 29.5 Å². The highest BCUT2D eigenvalue weighted by Crippen LogP contribution is 2.33. The molecule has 0 spiro atoms. The molecule has 0 fully saturated rings. The molecule has 0 bridgehead atoms. The lowest BCUT2D eigenvalue weighted by Crippen LogP contribution is -2.33. The first kappa shape index (κ1) is 20.3. The van der Waals surface area contributed by atoms with Gasteiger partial charge in [-0.15, -0.1) is 0 Å². The van der Waals surface area contributed by atoms with Gasteiger partial charge in [-0.2, -0.15) is 0 Å². The number of esters is 1. The van der Waals surface area contributed by atoms with Crippen molar-refractivity contribution in [2.75, 3.05) is 11.9 Å². The number of rotatable bonds is 5. The van der Waals surface area contributed by atoms with Crippen LogP contribution in [0, 0.1) is 13.8 Å². The summed E-state index contributed by atoms with van der Waals surface area (Å²) in [5, 5.41) is 2.72. The standard InChI is InChI=1S/C23H24N2O4/c1-15-8-9-19(12-16(15)2)24-22(27)14-29-23(28)13-21-20-7-5-4-6-18(20)10-11-25(21)17(3)26/h4-12,21H,13-14H2,1-3H3,(H,24,27)/t21-/m1/s1. The number of amides is 2. The number of carbonyl (C=O) groups excluding carboxylic acids is 3. The molecule has 0 unspecified atom stereocenters. The molecule has 0 aromatic heterocycles. The molecule has 1 atom stereocenters. The van der Waals surface area contributed by atoms with Crippen molar-refractivity contribution in [1.29, 1.82) is 0 Å². The summed E-state index contributed by atoms with van der Waals surface area (Å²) < 4.78 is 5.16. The lowest BCUT2D eigenvalue weighted by atomic mass is 9.94. The summed E-state index contributed by atoms with van der Waals surface area (Å²) in [5.41, 5.74) is 4.68. The van der Waals surface area contributed by atoms with Gasteiger partial charge in [-0.1, -0.05) is 30.3 Å². The third-order valence-corrected chi connectivity index (χ3v) is 4.98. The summed E-state index contributed by atoms with van der Waals surface area (Å²) in [6.07, 6.45) is 3.49. The summed E-state index contributed by atoms with van der Waals surface area (Å²) in [6.45, 7) is 5.03. The average molecular weight is 392 g/mol. The van der Waals surface area contributed by atoms with Crippen molar-refractivity contribution in [3.05, 3.63) is 70.9 Å². The zero-order valence-electron chi connectivity index (χ0n) is 16.8. The van der Waals surface area contributed by atoms with Crippen LogP contribution in [0.5, 0.6) is 0 Å². The van der Waals surface area contributed by atoms with Crippen LogP contribution in [0.2, 0.25) is 0 Å². The van der Waals surface area contributed by atoms with Crippen molar-refractivity contribution in [1.82, 2.24) is 4.90 Å². The van der Waals surface area contributed by atoms with E-state index in [1.54, 1.807) is 12.3 Å². The van der Waals surface area contributed by atoms with E-state index in [1.165, 1.54) is 11.8 Å². The molecule has 6 nitrogen and oxygen atoms in total. The molecule has 29 heavy (non-hydrogen) atoms. The Kier molecular flexibility index (Phi) is 6.12. The van der Waals surface area contributed by atoms with Crippen molar-refractivity contribution in [3.8, 4) is 0 Å². The Morgan fingerprint density at radius 2 is 1.83 bits per heavy atom. The predicted octanol–water partition coefficient (Wildman–Crippen LogP) is 3.75. The van der Waals surface area contributed by atoms with E-state index in [0.29, 0.717) is 5.69 Å². The van der Waals surface area contributed by atoms with Gasteiger partial charge in [0.1, 0.15) is 0 Å². The van der Waals surface area contributed by atoms with E-state index < -0.39 is 17.9 Å². The highest BCUT2D eigenvalue weighted by atomic mass is 16.5. The second-order valence-electron chi connectivity index (χ2n) is 7.10. The molecule has 0 saturated carbocycles. The first-order valence-corrected chi connectivity index (χ1v) is 9.44. The lowest BCUT2D eigenvalue weighted by Gasteiger charge is -2.32. The molecule has 1 N–H and O–H groups in total. The van der Waals surface area contributed by atoms with Crippen LogP contribution < -0.4 is 5.32 Å². The fourth-order valence-corrected chi connectivity index (χ4v) is 3.29. The third-order valence-electron chi connectivity index (χ3n) is 4.98. The fourth-order valence-electron chi connectivity index (χ4n) is 3.29. The molecule has 2 aromatic carbocycles. The number of benzene rings is 2. The predicted molar refractivity (Wildman–Crippen MR) is 111 cm³/mol. The first-order valence-electron chi connectivity index (χ1n) is 9.44. The largest absolute Gasteiger partial charge is 0.455 e. The van der Waals surface area contributed by atoms with Crippen molar-refractivity contribution < 1.29 is 19.1 Å². The number of fused-ring (bicyclic) bond motifs is 1. The van der Waals surface area contributed by atoms with Crippen molar-refractivity contribution in [2.45, 2.75) is 33.2 Å². The lowest BCUT2D eigenvalue weighted by molar-refractivity contribution is -0.149. The quantitative estimate of drug-likeness (QED) is 0.787. The van der Waals surface area contributed by atoms with Crippen LogP contribution in [-0.4, -0.2) is 29.3 Å². The van der Waals surface area contributed by atoms with Gasteiger partial charge >= 0.3 is 5.97 Å². The molecule has 1 aliphatic rings. The van der Waals surface area contributed by atoms with Gasteiger partial charge in [0.15, 0.2) is 6.61 Å². The average Bonchev–Trinajstić information content (AvgIpc) is 2.69. The Morgan fingerprint density at radius 1 is 1.07 bits per heavy atom. The number of hydrogen-bond donors (Lipinski definition) is 1. The van der Waals surface area contributed by atoms with Crippen LogP contribution in [0.25, 0.3) is 6.08 Å². The summed E-state index contributed by atoms with van der Waals surface area (Å²) in [6, 6.07) is 12.7. The second kappa shape index (κ2) is 8.73. The van der Waals surface area contributed by atoms with Crippen LogP contribution >= 0.6 is 0 Å². The Balaban J connectivity index is 1.60. The Morgan fingerprint density at radius 3 is 2.55 bits per heavy atom. The number of hydrogen-bond acceptors (Lipinski definition) is 4. The molecule has 0 radical (unpaired) electrons. The topological polar surface area (TPSA) is 75.7 Å². The summed E-state index contributed by atoms with van der Waals surface area (Å²) in [7, 11) is 0. The number of nitrogens with zero attached hydrogens (tertiary/aromatic N) is 1. The van der Waals surface area contributed by atoms with Gasteiger partial charge in [-0.05, 0) is 54.3 Å². The number of ether oxygens (including phenoxy) is 1. The van der Waals surface area contributed by atoms with Gasteiger partial charge in [0.2, 0.25) is 5.91 Å². The van der Waals surface area contributed by atoms with Gasteiger partial charge < -0.3 is 15.0 Å². The molecule has 1 heterocycles. The van der Waals surface area contributed by atoms with Crippen LogP contribution in [0.3, 0.4) is 0 Å². The summed E-state index contributed by atoms with van der Waals surface area (Å²) in [4.78, 5) is 38.0. The van der Waals surface area contributed by atoms with E-state index >= 15 is 0 Å². The Bertz CT molecular complexity index is 981. The summed E-state index contributed by atoms with van der Waals surface area (Å²) >= 11 is 0. The fraction of sp³-hybridized carbons (Fsp3) is 0.261. The van der Waals surface area contributed by atoms with E-state index in [0.717, 1.165) is 22.3 Å². The minimum atomic E-state index is -0.540. The molecule has 0 aliphatic carbocycles. The molecule has 1 aliphatic heterocycles. The van der Waals surface area contributed by atoms with Gasteiger partial charge in [-0.25, -0.2) is 0 Å². The van der Waals surface area contributed by atoms with Gasteiger partial charge in [0, 0.05) is 18.8 Å². The SMILES string of the molecule is CC(=O)N1C=Cc2ccccc2[C@H]1CC(=O)OCC(=O)Nc1ccc(C)c(C)c1. The molecule has 2 amide bonds. The molecular weight excluding hydrogens is 368 g/mol. The Hall–Kier alpha value is -3.41. The van der Waals surface area contributed by atoms with Crippen LogP contribution in [-0.2, 0) is 19.1 Å². The number of anilines is 1. The van der Waals surface area contributed by atoms with Gasteiger partial charge in [0.05, 0.1) is 12.5 Å². The third kappa shape index (κ3) is 4.90. The normalized spacial score (nSPS) is 14.9. The zero-order valence-corrected chi connectivity index (χ0v) is 16.8. The zero-order chi connectivity index (χ0) is 21.0. The van der Waals surface area contributed by atoms with Crippen LogP contribution in [0.4, 0.5) is 5.69 Å². The van der Waals surface area contributed by atoms with Gasteiger partial charge in [-0.3, -0.25) is 14.4 Å². The molecule has 150 valence electrons. The second-order valence-corrected chi connectivity index (χ2v) is 7.10. The maximum absolute atomic E-state index is 12.4. The minimum Gasteiger partial charge on any atom is -0.455 e. The number of carbonyl (C=O) groups is 3. The minimum absolute atomic E-state index is 0.0299. The monoisotopic (exact) mass is 392 g/mol. The van der Waals surface area contributed by atoms with Crippen molar-refractivity contribution in [2.24, 2.45) is 0 Å². The highest BCUT2D eigenvalue weighted by molar-refractivity contribution is 5.93. The van der Waals surface area contributed by atoms with Crippen LogP contribution in [0.1, 0.15) is 41.6 Å². The summed E-state index contributed by atoms with van der Waals surface area (Å²) in [5.74, 6) is -1.11. The molecule has 0 saturated heterocycles.